The molecule has 0 aliphatic carbocycles. The minimum Gasteiger partial charge on any atom is -0.378 e. The number of nitro groups is 1. The molecule has 3 aromatic carbocycles. The monoisotopic (exact) mass is 431 g/mol. The molecule has 0 saturated heterocycles. The van der Waals surface area contributed by atoms with E-state index in [0.29, 0.717) is 5.69 Å². The summed E-state index contributed by atoms with van der Waals surface area (Å²) in [5.74, 6) is -0.990. The number of non-ortho nitro benzene ring substituents is 1. The third kappa shape index (κ3) is 5.54. The van der Waals surface area contributed by atoms with Gasteiger partial charge in [0, 0.05) is 37.5 Å². The number of carbonyl (C=O) groups excluding carboxylic acids is 2. The fourth-order valence-corrected chi connectivity index (χ4v) is 2.80. The molecule has 3 rings (SSSR count). The Labute approximate surface area is 184 Å². The molecule has 0 spiro atoms. The summed E-state index contributed by atoms with van der Waals surface area (Å²) in [5.41, 5.74) is 4.94. The number of anilines is 2. The quantitative estimate of drug-likeness (QED) is 0.336. The van der Waals surface area contributed by atoms with E-state index in [2.05, 4.69) is 15.8 Å². The van der Waals surface area contributed by atoms with E-state index < -0.39 is 16.7 Å². The van der Waals surface area contributed by atoms with Gasteiger partial charge in [0.25, 0.3) is 17.5 Å². The SMILES string of the molecule is CN(C)c1ccc(/C=N\NC(=O)c2ccccc2NC(=O)c2ccc([N+](=O)[O-])cc2)cc1. The number of nitro benzene ring substituents is 1. The van der Waals surface area contributed by atoms with Gasteiger partial charge in [0.15, 0.2) is 0 Å². The van der Waals surface area contributed by atoms with E-state index in [1.165, 1.54) is 30.5 Å². The number of carbonyl (C=O) groups is 2. The molecule has 0 aromatic heterocycles. The summed E-state index contributed by atoms with van der Waals surface area (Å²) in [4.78, 5) is 37.3. The zero-order chi connectivity index (χ0) is 23.1. The molecule has 3 aromatic rings. The predicted molar refractivity (Wildman–Crippen MR) is 123 cm³/mol. The molecule has 0 heterocycles. The predicted octanol–water partition coefficient (Wildman–Crippen LogP) is 3.68. The van der Waals surface area contributed by atoms with Crippen molar-refractivity contribution < 1.29 is 14.5 Å². The van der Waals surface area contributed by atoms with E-state index in [0.717, 1.165) is 11.3 Å². The molecule has 2 N–H and O–H groups in total. The number of rotatable bonds is 7. The largest absolute Gasteiger partial charge is 0.378 e. The maximum atomic E-state index is 12.6. The fraction of sp³-hybridized carbons (Fsp3) is 0.0870. The summed E-state index contributed by atoms with van der Waals surface area (Å²) in [6.07, 6.45) is 1.52. The minimum absolute atomic E-state index is 0.115. The second kappa shape index (κ2) is 9.98. The molecule has 0 saturated carbocycles. The Balaban J connectivity index is 1.67. The van der Waals surface area contributed by atoms with Gasteiger partial charge in [-0.1, -0.05) is 24.3 Å². The van der Waals surface area contributed by atoms with Gasteiger partial charge in [0.1, 0.15) is 0 Å². The zero-order valence-electron chi connectivity index (χ0n) is 17.5. The first-order valence-electron chi connectivity index (χ1n) is 9.61. The first-order chi connectivity index (χ1) is 15.3. The third-order valence-electron chi connectivity index (χ3n) is 4.55. The third-order valence-corrected chi connectivity index (χ3v) is 4.55. The highest BCUT2D eigenvalue weighted by Crippen LogP contribution is 2.18. The molecular formula is C23H21N5O4. The molecule has 9 nitrogen and oxygen atoms in total. The van der Waals surface area contributed by atoms with Crippen LogP contribution in [0.4, 0.5) is 17.1 Å². The zero-order valence-corrected chi connectivity index (χ0v) is 17.5. The Kier molecular flexibility index (Phi) is 6.92. The lowest BCUT2D eigenvalue weighted by molar-refractivity contribution is -0.384. The Bertz CT molecular complexity index is 1160. The van der Waals surface area contributed by atoms with Crippen molar-refractivity contribution in [3.05, 3.63) is 99.6 Å². The van der Waals surface area contributed by atoms with E-state index in [-0.39, 0.29) is 16.8 Å². The van der Waals surface area contributed by atoms with Crippen LogP contribution in [0.3, 0.4) is 0 Å². The van der Waals surface area contributed by atoms with Gasteiger partial charge in [-0.3, -0.25) is 19.7 Å². The van der Waals surface area contributed by atoms with Crippen LogP contribution in [0, 0.1) is 10.1 Å². The molecule has 0 aliphatic heterocycles. The molecule has 0 aliphatic rings. The summed E-state index contributed by atoms with van der Waals surface area (Å²) < 4.78 is 0. The van der Waals surface area contributed by atoms with Crippen LogP contribution in [-0.2, 0) is 0 Å². The lowest BCUT2D eigenvalue weighted by atomic mass is 10.1. The molecule has 0 fully saturated rings. The second-order valence-corrected chi connectivity index (χ2v) is 6.99. The van der Waals surface area contributed by atoms with Crippen molar-refractivity contribution in [3.8, 4) is 0 Å². The molecule has 0 bridgehead atoms. The minimum atomic E-state index is -0.543. The topological polar surface area (TPSA) is 117 Å². The van der Waals surface area contributed by atoms with Crippen LogP contribution in [0.2, 0.25) is 0 Å². The van der Waals surface area contributed by atoms with Crippen molar-refractivity contribution in [1.82, 2.24) is 5.43 Å². The van der Waals surface area contributed by atoms with Gasteiger partial charge in [-0.05, 0) is 42.0 Å². The highest BCUT2D eigenvalue weighted by atomic mass is 16.6. The van der Waals surface area contributed by atoms with Gasteiger partial charge < -0.3 is 10.2 Å². The molecule has 2 amide bonds. The number of hydrazone groups is 1. The van der Waals surface area contributed by atoms with Gasteiger partial charge >= 0.3 is 0 Å². The Morgan fingerprint density at radius 3 is 2.22 bits per heavy atom. The van der Waals surface area contributed by atoms with Crippen molar-refractivity contribution >= 4 is 35.1 Å². The molecule has 0 atom stereocenters. The van der Waals surface area contributed by atoms with Gasteiger partial charge in [0.2, 0.25) is 0 Å². The number of hydrogen-bond donors (Lipinski definition) is 2. The number of nitrogens with zero attached hydrogens (tertiary/aromatic N) is 3. The summed E-state index contributed by atoms with van der Waals surface area (Å²) in [6.45, 7) is 0. The van der Waals surface area contributed by atoms with E-state index in [1.54, 1.807) is 24.3 Å². The smallest absolute Gasteiger partial charge is 0.273 e. The van der Waals surface area contributed by atoms with E-state index in [1.807, 2.05) is 43.3 Å². The maximum absolute atomic E-state index is 12.6. The fourth-order valence-electron chi connectivity index (χ4n) is 2.80. The lowest BCUT2D eigenvalue weighted by Gasteiger charge is -2.11. The van der Waals surface area contributed by atoms with E-state index >= 15 is 0 Å². The number of para-hydroxylation sites is 1. The Morgan fingerprint density at radius 1 is 0.938 bits per heavy atom. The van der Waals surface area contributed by atoms with Crippen LogP contribution in [-0.4, -0.2) is 37.0 Å². The van der Waals surface area contributed by atoms with Crippen LogP contribution in [0.1, 0.15) is 26.3 Å². The molecule has 0 radical (unpaired) electrons. The highest BCUT2D eigenvalue weighted by molar-refractivity contribution is 6.09. The maximum Gasteiger partial charge on any atom is 0.273 e. The van der Waals surface area contributed by atoms with Crippen LogP contribution in [0.15, 0.2) is 77.9 Å². The Morgan fingerprint density at radius 2 is 1.59 bits per heavy atom. The number of hydrogen-bond acceptors (Lipinski definition) is 6. The average molecular weight is 431 g/mol. The van der Waals surface area contributed by atoms with Crippen molar-refractivity contribution in [2.45, 2.75) is 0 Å². The normalized spacial score (nSPS) is 10.6. The number of nitrogens with one attached hydrogen (secondary N) is 2. The molecule has 32 heavy (non-hydrogen) atoms. The summed E-state index contributed by atoms with van der Waals surface area (Å²) in [7, 11) is 3.89. The van der Waals surface area contributed by atoms with E-state index in [9.17, 15) is 19.7 Å². The van der Waals surface area contributed by atoms with Crippen LogP contribution in [0.5, 0.6) is 0 Å². The van der Waals surface area contributed by atoms with Crippen molar-refractivity contribution in [2.75, 3.05) is 24.3 Å². The van der Waals surface area contributed by atoms with Crippen molar-refractivity contribution in [1.29, 1.82) is 0 Å². The number of amides is 2. The van der Waals surface area contributed by atoms with Crippen LogP contribution in [0.25, 0.3) is 0 Å². The molecule has 0 unspecified atom stereocenters. The molecule has 9 heteroatoms. The molecular weight excluding hydrogens is 410 g/mol. The van der Waals surface area contributed by atoms with Gasteiger partial charge in [-0.15, -0.1) is 0 Å². The van der Waals surface area contributed by atoms with Gasteiger partial charge in [0.05, 0.1) is 22.4 Å². The second-order valence-electron chi connectivity index (χ2n) is 6.99. The lowest BCUT2D eigenvalue weighted by Crippen LogP contribution is -2.21. The Hall–Kier alpha value is -4.53. The highest BCUT2D eigenvalue weighted by Gasteiger charge is 2.14. The average Bonchev–Trinajstić information content (AvgIpc) is 2.79. The summed E-state index contributed by atoms with van der Waals surface area (Å²) in [5, 5.41) is 17.4. The molecule has 162 valence electrons. The van der Waals surface area contributed by atoms with Crippen LogP contribution >= 0.6 is 0 Å². The first kappa shape index (κ1) is 22.2. The summed E-state index contributed by atoms with van der Waals surface area (Å²) >= 11 is 0. The van der Waals surface area contributed by atoms with Gasteiger partial charge in [-0.25, -0.2) is 5.43 Å². The summed E-state index contributed by atoms with van der Waals surface area (Å²) in [6, 6.07) is 19.3. The van der Waals surface area contributed by atoms with Crippen LogP contribution < -0.4 is 15.6 Å². The number of benzene rings is 3. The standard InChI is InChI=1S/C23H21N5O4/c1-27(2)18-11-7-16(8-12-18)15-24-26-23(30)20-5-3-4-6-21(20)25-22(29)17-9-13-19(14-10-17)28(31)32/h3-15H,1-2H3,(H,25,29)(H,26,30)/b24-15-. The van der Waals surface area contributed by atoms with Crippen molar-refractivity contribution in [2.24, 2.45) is 5.10 Å². The van der Waals surface area contributed by atoms with Crippen molar-refractivity contribution in [3.63, 3.8) is 0 Å². The van der Waals surface area contributed by atoms with E-state index in [4.69, 9.17) is 0 Å². The van der Waals surface area contributed by atoms with Gasteiger partial charge in [-0.2, -0.15) is 5.10 Å². The first-order valence-corrected chi connectivity index (χ1v) is 9.61.